The van der Waals surface area contributed by atoms with Crippen LogP contribution in [-0.4, -0.2) is 58.7 Å². The summed E-state index contributed by atoms with van der Waals surface area (Å²) in [5, 5.41) is 60.8. The van der Waals surface area contributed by atoms with Crippen LogP contribution in [0.1, 0.15) is 32.6 Å². The molecule has 1 atom stereocenters. The highest BCUT2D eigenvalue weighted by atomic mass is 16.6. The third-order valence-corrected chi connectivity index (χ3v) is 5.09. The van der Waals surface area contributed by atoms with Gasteiger partial charge in [0.1, 0.15) is 0 Å². The largest absolute Gasteiger partial charge is 0.364 e. The van der Waals surface area contributed by atoms with E-state index in [2.05, 4.69) is 6.58 Å². The van der Waals surface area contributed by atoms with E-state index in [-0.39, 0.29) is 18.4 Å². The van der Waals surface area contributed by atoms with Crippen molar-refractivity contribution in [3.63, 3.8) is 0 Å². The topological polar surface area (TPSA) is 125 Å². The molecule has 0 aromatic carbocycles. The molecule has 1 spiro atoms. The van der Waals surface area contributed by atoms with Crippen molar-refractivity contribution in [3.05, 3.63) is 12.2 Å². The summed E-state index contributed by atoms with van der Waals surface area (Å²) in [6.07, 6.45) is 0.845. The second-order valence-corrected chi connectivity index (χ2v) is 6.36. The van der Waals surface area contributed by atoms with Crippen molar-refractivity contribution in [1.29, 1.82) is 0 Å². The Morgan fingerprint density at radius 3 is 2.11 bits per heavy atom. The Labute approximate surface area is 110 Å². The zero-order valence-electron chi connectivity index (χ0n) is 10.7. The third-order valence-electron chi connectivity index (χ3n) is 5.09. The van der Waals surface area contributed by atoms with Crippen molar-refractivity contribution >= 4 is 0 Å². The van der Waals surface area contributed by atoms with Gasteiger partial charge in [0, 0.05) is 11.8 Å². The Hall–Kier alpha value is -0.540. The summed E-state index contributed by atoms with van der Waals surface area (Å²) in [6.45, 7) is 4.64. The van der Waals surface area contributed by atoms with Crippen molar-refractivity contribution in [2.75, 3.05) is 0 Å². The van der Waals surface area contributed by atoms with Crippen LogP contribution >= 0.6 is 0 Å². The van der Waals surface area contributed by atoms with Gasteiger partial charge in [-0.05, 0) is 31.8 Å². The van der Waals surface area contributed by atoms with Crippen LogP contribution in [0.25, 0.3) is 0 Å². The Kier molecular flexibility index (Phi) is 2.15. The predicted molar refractivity (Wildman–Crippen MR) is 61.8 cm³/mol. The Morgan fingerprint density at radius 1 is 1.16 bits per heavy atom. The lowest BCUT2D eigenvalue weighted by molar-refractivity contribution is -0.386. The zero-order valence-corrected chi connectivity index (χ0v) is 10.7. The highest BCUT2D eigenvalue weighted by Crippen LogP contribution is 2.74. The molecule has 0 amide bonds. The predicted octanol–water partition coefficient (Wildman–Crippen LogP) is -1.85. The summed E-state index contributed by atoms with van der Waals surface area (Å²) in [4.78, 5) is 0.600. The van der Waals surface area contributed by atoms with Gasteiger partial charge >= 0.3 is 0 Å². The van der Waals surface area contributed by atoms with Gasteiger partial charge in [0.25, 0.3) is 5.91 Å². The van der Waals surface area contributed by atoms with E-state index in [9.17, 15) is 30.6 Å². The first-order valence-corrected chi connectivity index (χ1v) is 6.24. The third kappa shape index (κ3) is 1.26. The summed E-state index contributed by atoms with van der Waals surface area (Å²) in [7, 11) is 0. The molecule has 2 aliphatic heterocycles. The first kappa shape index (κ1) is 13.4. The van der Waals surface area contributed by atoms with Crippen LogP contribution in [0.2, 0.25) is 0 Å². The fourth-order valence-electron chi connectivity index (χ4n) is 4.21. The highest BCUT2D eigenvalue weighted by Gasteiger charge is 2.84. The lowest BCUT2D eigenvalue weighted by atomic mass is 9.73. The molecular formula is C12H19NO6. The molecule has 1 aliphatic carbocycles. The SMILES string of the molecule is C=C1C[C@@]2(C(C)(O)O)N(C(O)(O)CC23CC3)C1(O)O. The van der Waals surface area contributed by atoms with E-state index in [0.717, 1.165) is 6.92 Å². The van der Waals surface area contributed by atoms with Crippen molar-refractivity contribution in [2.45, 2.75) is 55.8 Å². The monoisotopic (exact) mass is 273 g/mol. The summed E-state index contributed by atoms with van der Waals surface area (Å²) < 4.78 is 0. The number of hydrogen-bond donors (Lipinski definition) is 6. The fourth-order valence-corrected chi connectivity index (χ4v) is 4.21. The summed E-state index contributed by atoms with van der Waals surface area (Å²) in [5.41, 5.74) is -2.41. The minimum atomic E-state index is -2.68. The molecule has 19 heavy (non-hydrogen) atoms. The number of hydrogen-bond acceptors (Lipinski definition) is 7. The van der Waals surface area contributed by atoms with E-state index < -0.39 is 28.6 Å². The van der Waals surface area contributed by atoms with Crippen LogP contribution in [0.15, 0.2) is 12.2 Å². The van der Waals surface area contributed by atoms with E-state index in [1.807, 2.05) is 0 Å². The van der Waals surface area contributed by atoms with Crippen molar-refractivity contribution in [2.24, 2.45) is 5.41 Å². The second-order valence-electron chi connectivity index (χ2n) is 6.36. The molecule has 1 saturated carbocycles. The molecule has 0 aromatic rings. The molecule has 3 fully saturated rings. The van der Waals surface area contributed by atoms with Crippen molar-refractivity contribution in [1.82, 2.24) is 4.90 Å². The molecule has 7 heteroatoms. The van der Waals surface area contributed by atoms with Crippen LogP contribution in [0, 0.1) is 5.41 Å². The fraction of sp³-hybridized carbons (Fsp3) is 0.833. The van der Waals surface area contributed by atoms with E-state index in [1.165, 1.54) is 0 Å². The Balaban J connectivity index is 2.26. The summed E-state index contributed by atoms with van der Waals surface area (Å²) >= 11 is 0. The normalized spacial score (nSPS) is 38.8. The summed E-state index contributed by atoms with van der Waals surface area (Å²) in [5.74, 6) is -7.53. The molecule has 3 aliphatic rings. The smallest absolute Gasteiger partial charge is 0.253 e. The first-order valence-electron chi connectivity index (χ1n) is 6.24. The quantitative estimate of drug-likeness (QED) is 0.245. The molecule has 2 saturated heterocycles. The average Bonchev–Trinajstić information content (AvgIpc) is 2.83. The molecule has 7 nitrogen and oxygen atoms in total. The highest BCUT2D eigenvalue weighted by molar-refractivity contribution is 5.36. The van der Waals surface area contributed by atoms with Crippen LogP contribution in [0.5, 0.6) is 0 Å². The van der Waals surface area contributed by atoms with Gasteiger partial charge in [-0.3, -0.25) is 0 Å². The van der Waals surface area contributed by atoms with Gasteiger partial charge in [-0.2, -0.15) is 4.90 Å². The van der Waals surface area contributed by atoms with Gasteiger partial charge in [0.2, 0.25) is 5.91 Å². The molecule has 3 rings (SSSR count). The molecule has 0 radical (unpaired) electrons. The Morgan fingerprint density at radius 2 is 1.68 bits per heavy atom. The number of aliphatic hydroxyl groups is 6. The molecular weight excluding hydrogens is 254 g/mol. The minimum absolute atomic E-state index is 0.0831. The van der Waals surface area contributed by atoms with E-state index >= 15 is 0 Å². The number of fused-ring (bicyclic) bond motifs is 2. The standard InChI is InChI=1S/C12H19NO6/c1-7-5-10(8(2,14)15)9(3-4-9)6-11(16,17)13(10)12(7,18)19/h14-19H,1,3-6H2,2H3/t10-/m0/s1. The van der Waals surface area contributed by atoms with Gasteiger partial charge in [0.05, 0.1) is 5.54 Å². The van der Waals surface area contributed by atoms with Gasteiger partial charge < -0.3 is 30.6 Å². The molecule has 0 aromatic heterocycles. The molecule has 0 bridgehead atoms. The average molecular weight is 273 g/mol. The lowest BCUT2D eigenvalue weighted by Gasteiger charge is -2.47. The van der Waals surface area contributed by atoms with Crippen molar-refractivity contribution < 1.29 is 30.6 Å². The van der Waals surface area contributed by atoms with E-state index in [1.54, 1.807) is 0 Å². The van der Waals surface area contributed by atoms with Gasteiger partial charge in [-0.15, -0.1) is 0 Å². The van der Waals surface area contributed by atoms with E-state index in [4.69, 9.17) is 0 Å². The van der Waals surface area contributed by atoms with Crippen LogP contribution in [0.4, 0.5) is 0 Å². The molecule has 0 unspecified atom stereocenters. The molecule has 108 valence electrons. The first-order chi connectivity index (χ1) is 8.41. The number of nitrogens with zero attached hydrogens (tertiary/aromatic N) is 1. The minimum Gasteiger partial charge on any atom is -0.364 e. The lowest BCUT2D eigenvalue weighted by Crippen LogP contribution is -2.69. The number of rotatable bonds is 1. The molecule has 6 N–H and O–H groups in total. The zero-order chi connectivity index (χ0) is 14.5. The Bertz CT molecular complexity index is 461. The van der Waals surface area contributed by atoms with Crippen molar-refractivity contribution in [3.8, 4) is 0 Å². The maximum absolute atomic E-state index is 10.2. The van der Waals surface area contributed by atoms with Crippen LogP contribution < -0.4 is 0 Å². The second kappa shape index (κ2) is 3.04. The summed E-state index contributed by atoms with van der Waals surface area (Å²) in [6, 6.07) is 0. The maximum atomic E-state index is 10.2. The van der Waals surface area contributed by atoms with Gasteiger partial charge in [-0.25, -0.2) is 0 Å². The molecule has 2 heterocycles. The maximum Gasteiger partial charge on any atom is 0.253 e. The van der Waals surface area contributed by atoms with Gasteiger partial charge in [-0.1, -0.05) is 6.58 Å². The van der Waals surface area contributed by atoms with Crippen LogP contribution in [0.3, 0.4) is 0 Å². The van der Waals surface area contributed by atoms with Crippen LogP contribution in [-0.2, 0) is 0 Å². The van der Waals surface area contributed by atoms with E-state index in [0.29, 0.717) is 17.7 Å². The van der Waals surface area contributed by atoms with Gasteiger partial charge in [0.15, 0.2) is 5.79 Å².